The fourth-order valence-corrected chi connectivity index (χ4v) is 4.21. The molecular weight excluding hydrogens is 300 g/mol. The monoisotopic (exact) mass is 328 g/mol. The Bertz CT molecular complexity index is 560. The lowest BCUT2D eigenvalue weighted by Crippen LogP contribution is -2.49. The van der Waals surface area contributed by atoms with Crippen LogP contribution in [0.25, 0.3) is 0 Å². The van der Waals surface area contributed by atoms with Crippen LogP contribution in [-0.2, 0) is 22.4 Å². The summed E-state index contributed by atoms with van der Waals surface area (Å²) in [6, 6.07) is 9.45. The number of carbonyl (C=O) groups is 1. The van der Waals surface area contributed by atoms with Crippen LogP contribution in [0.3, 0.4) is 0 Å². The summed E-state index contributed by atoms with van der Waals surface area (Å²) >= 11 is 0. The molecule has 1 aromatic carbocycles. The summed E-state index contributed by atoms with van der Waals surface area (Å²) in [5.41, 5.74) is 3.02. The lowest BCUT2D eigenvalue weighted by atomic mass is 9.85. The van der Waals surface area contributed by atoms with Gasteiger partial charge in [-0.25, -0.2) is 0 Å². The van der Waals surface area contributed by atoms with Crippen molar-refractivity contribution in [1.29, 1.82) is 0 Å². The molecule has 0 spiro atoms. The number of nitrogens with one attached hydrogen (secondary N) is 1. The Morgan fingerprint density at radius 1 is 1.21 bits per heavy atom. The van der Waals surface area contributed by atoms with Gasteiger partial charge in [0.1, 0.15) is 0 Å². The van der Waals surface area contributed by atoms with E-state index in [2.05, 4.69) is 34.5 Å². The van der Waals surface area contributed by atoms with Crippen LogP contribution in [0.4, 0.5) is 0 Å². The van der Waals surface area contributed by atoms with Crippen LogP contribution in [0.2, 0.25) is 0 Å². The van der Waals surface area contributed by atoms with Crippen molar-refractivity contribution in [3.05, 3.63) is 35.4 Å². The Morgan fingerprint density at radius 3 is 2.62 bits per heavy atom. The van der Waals surface area contributed by atoms with Gasteiger partial charge in [-0.15, -0.1) is 0 Å². The van der Waals surface area contributed by atoms with Crippen molar-refractivity contribution >= 4 is 5.91 Å². The van der Waals surface area contributed by atoms with E-state index < -0.39 is 0 Å². The third kappa shape index (κ3) is 3.50. The summed E-state index contributed by atoms with van der Waals surface area (Å²) in [6.07, 6.45) is 6.87. The van der Waals surface area contributed by atoms with E-state index in [9.17, 15) is 4.79 Å². The van der Waals surface area contributed by atoms with Crippen molar-refractivity contribution in [3.63, 3.8) is 0 Å². The number of hydrogen-bond donors (Lipinski definition) is 1. The van der Waals surface area contributed by atoms with Crippen LogP contribution in [0.15, 0.2) is 24.3 Å². The van der Waals surface area contributed by atoms with Gasteiger partial charge in [-0.05, 0) is 43.2 Å². The largest absolute Gasteiger partial charge is 0.375 e. The molecule has 24 heavy (non-hydrogen) atoms. The van der Waals surface area contributed by atoms with Crippen LogP contribution in [0, 0.1) is 5.92 Å². The fraction of sp³-hybridized carbons (Fsp3) is 0.650. The normalized spacial score (nSPS) is 25.2. The molecule has 1 amide bonds. The van der Waals surface area contributed by atoms with Crippen LogP contribution in [-0.4, -0.2) is 49.2 Å². The molecule has 0 radical (unpaired) electrons. The molecule has 0 bridgehead atoms. The van der Waals surface area contributed by atoms with E-state index in [1.807, 2.05) is 0 Å². The molecule has 1 N–H and O–H groups in total. The van der Waals surface area contributed by atoms with Gasteiger partial charge in [0, 0.05) is 31.6 Å². The molecule has 4 heteroatoms. The van der Waals surface area contributed by atoms with E-state index in [1.54, 1.807) is 0 Å². The first-order valence-electron chi connectivity index (χ1n) is 9.50. The van der Waals surface area contributed by atoms with Crippen molar-refractivity contribution in [3.8, 4) is 0 Å². The molecule has 1 atom stereocenters. The number of ether oxygens (including phenoxy) is 1. The van der Waals surface area contributed by atoms with Crippen molar-refractivity contribution < 1.29 is 9.53 Å². The van der Waals surface area contributed by atoms with Gasteiger partial charge in [0.25, 0.3) is 0 Å². The number of amides is 1. The number of hydrogen-bond acceptors (Lipinski definition) is 3. The molecule has 4 rings (SSSR count). The van der Waals surface area contributed by atoms with Crippen molar-refractivity contribution in [2.24, 2.45) is 5.92 Å². The first-order chi connectivity index (χ1) is 11.8. The molecule has 1 saturated heterocycles. The Morgan fingerprint density at radius 2 is 1.96 bits per heavy atom. The second-order valence-corrected chi connectivity index (χ2v) is 7.53. The van der Waals surface area contributed by atoms with Gasteiger partial charge in [0.05, 0.1) is 12.7 Å². The van der Waals surface area contributed by atoms with E-state index in [-0.39, 0.29) is 17.9 Å². The van der Waals surface area contributed by atoms with E-state index >= 15 is 0 Å². The van der Waals surface area contributed by atoms with Crippen molar-refractivity contribution in [1.82, 2.24) is 10.2 Å². The molecule has 130 valence electrons. The van der Waals surface area contributed by atoms with E-state index in [4.69, 9.17) is 4.74 Å². The van der Waals surface area contributed by atoms with Crippen LogP contribution in [0.1, 0.15) is 36.8 Å². The highest BCUT2D eigenvalue weighted by Gasteiger charge is 2.31. The highest BCUT2D eigenvalue weighted by atomic mass is 16.5. The molecule has 1 aliphatic heterocycles. The number of fused-ring (bicyclic) bond motifs is 1. The van der Waals surface area contributed by atoms with E-state index in [0.29, 0.717) is 6.04 Å². The second kappa shape index (κ2) is 7.24. The highest BCUT2D eigenvalue weighted by molar-refractivity contribution is 5.79. The zero-order valence-electron chi connectivity index (χ0n) is 14.4. The molecule has 0 unspecified atom stereocenters. The third-order valence-electron chi connectivity index (χ3n) is 5.96. The molecule has 1 heterocycles. The zero-order valence-corrected chi connectivity index (χ0v) is 14.4. The van der Waals surface area contributed by atoms with Crippen LogP contribution in [0.5, 0.6) is 0 Å². The number of nitrogens with zero attached hydrogens (tertiary/aromatic N) is 1. The SMILES string of the molecule is O=C(NCC[C@@H]1CN(C2Cc3ccccc3C2)CCO1)C1CCC1. The minimum absolute atomic E-state index is 0.250. The summed E-state index contributed by atoms with van der Waals surface area (Å²) in [5, 5.41) is 3.09. The minimum Gasteiger partial charge on any atom is -0.375 e. The predicted octanol–water partition coefficient (Wildman–Crippen LogP) is 2.16. The summed E-state index contributed by atoms with van der Waals surface area (Å²) < 4.78 is 5.93. The van der Waals surface area contributed by atoms with Crippen molar-refractivity contribution in [2.75, 3.05) is 26.2 Å². The molecule has 0 aromatic heterocycles. The van der Waals surface area contributed by atoms with E-state index in [1.165, 1.54) is 30.4 Å². The van der Waals surface area contributed by atoms with Gasteiger partial charge in [-0.1, -0.05) is 30.7 Å². The topological polar surface area (TPSA) is 41.6 Å². The van der Waals surface area contributed by atoms with Crippen LogP contribution < -0.4 is 5.32 Å². The summed E-state index contributed by atoms with van der Waals surface area (Å²) in [4.78, 5) is 14.5. The Balaban J connectivity index is 1.23. The Kier molecular flexibility index (Phi) is 4.86. The number of benzene rings is 1. The molecule has 3 aliphatic rings. The maximum absolute atomic E-state index is 11.9. The zero-order chi connectivity index (χ0) is 16.4. The molecular formula is C20H28N2O2. The highest BCUT2D eigenvalue weighted by Crippen LogP contribution is 2.27. The average molecular weight is 328 g/mol. The maximum Gasteiger partial charge on any atom is 0.223 e. The predicted molar refractivity (Wildman–Crippen MR) is 93.9 cm³/mol. The first kappa shape index (κ1) is 16.1. The number of rotatable bonds is 5. The smallest absolute Gasteiger partial charge is 0.223 e. The van der Waals surface area contributed by atoms with Gasteiger partial charge in [-0.2, -0.15) is 0 Å². The maximum atomic E-state index is 11.9. The molecule has 1 saturated carbocycles. The van der Waals surface area contributed by atoms with Gasteiger partial charge < -0.3 is 10.1 Å². The van der Waals surface area contributed by atoms with Gasteiger partial charge in [0.15, 0.2) is 0 Å². The lowest BCUT2D eigenvalue weighted by Gasteiger charge is -2.37. The van der Waals surface area contributed by atoms with Gasteiger partial charge >= 0.3 is 0 Å². The third-order valence-corrected chi connectivity index (χ3v) is 5.96. The second-order valence-electron chi connectivity index (χ2n) is 7.53. The average Bonchev–Trinajstić information content (AvgIpc) is 2.97. The summed E-state index contributed by atoms with van der Waals surface area (Å²) in [7, 11) is 0. The summed E-state index contributed by atoms with van der Waals surface area (Å²) in [6.45, 7) is 3.59. The fourth-order valence-electron chi connectivity index (χ4n) is 4.21. The molecule has 2 fully saturated rings. The Labute approximate surface area is 144 Å². The Hall–Kier alpha value is -1.39. The molecule has 4 nitrogen and oxygen atoms in total. The van der Waals surface area contributed by atoms with Crippen LogP contribution >= 0.6 is 0 Å². The number of carbonyl (C=O) groups excluding carboxylic acids is 1. The molecule has 1 aromatic rings. The standard InChI is InChI=1S/C20H28N2O2/c23-20(15-6-3-7-15)21-9-8-19-14-22(10-11-24-19)18-12-16-4-1-2-5-17(16)13-18/h1-2,4-5,15,18-19H,3,6-14H2,(H,21,23)/t19-/m1/s1. The number of morpholine rings is 1. The van der Waals surface area contributed by atoms with Crippen molar-refractivity contribution in [2.45, 2.75) is 50.7 Å². The van der Waals surface area contributed by atoms with Gasteiger partial charge in [-0.3, -0.25) is 9.69 Å². The summed E-state index contributed by atoms with van der Waals surface area (Å²) in [5.74, 6) is 0.533. The molecule has 2 aliphatic carbocycles. The van der Waals surface area contributed by atoms with Gasteiger partial charge in [0.2, 0.25) is 5.91 Å². The lowest BCUT2D eigenvalue weighted by molar-refractivity contribution is -0.127. The first-order valence-corrected chi connectivity index (χ1v) is 9.50. The van der Waals surface area contributed by atoms with E-state index in [0.717, 1.165) is 45.5 Å². The quantitative estimate of drug-likeness (QED) is 0.901. The minimum atomic E-state index is 0.250.